The second kappa shape index (κ2) is 7.59. The topological polar surface area (TPSA) is 21.3 Å². The van der Waals surface area contributed by atoms with Gasteiger partial charge < -0.3 is 10.1 Å². The molecule has 0 aliphatic rings. The normalized spacial score (nSPS) is 12.8. The molecule has 0 heterocycles. The number of hydrogen-bond acceptors (Lipinski definition) is 2. The van der Waals surface area contributed by atoms with Gasteiger partial charge in [-0.1, -0.05) is 38.4 Å². The lowest BCUT2D eigenvalue weighted by Crippen LogP contribution is -2.33. The van der Waals surface area contributed by atoms with Crippen molar-refractivity contribution in [3.8, 4) is 5.75 Å². The van der Waals surface area contributed by atoms with Crippen molar-refractivity contribution < 1.29 is 9.13 Å². The van der Waals surface area contributed by atoms with E-state index in [-0.39, 0.29) is 16.9 Å². The van der Waals surface area contributed by atoms with Gasteiger partial charge in [-0.2, -0.15) is 0 Å². The minimum atomic E-state index is -0.485. The SMILES string of the molecule is CCC(CNCC(C)C)Oc1cccc(Cl)c1F. The van der Waals surface area contributed by atoms with Crippen LogP contribution < -0.4 is 10.1 Å². The maximum Gasteiger partial charge on any atom is 0.183 e. The average molecular weight is 274 g/mol. The minimum absolute atomic E-state index is 0.0447. The third-order valence-electron chi connectivity index (χ3n) is 2.59. The lowest BCUT2D eigenvalue weighted by atomic mass is 10.2. The van der Waals surface area contributed by atoms with Gasteiger partial charge in [0.25, 0.3) is 0 Å². The van der Waals surface area contributed by atoms with Crippen LogP contribution in [0.4, 0.5) is 4.39 Å². The molecule has 1 aromatic carbocycles. The van der Waals surface area contributed by atoms with Crippen LogP contribution in [-0.2, 0) is 0 Å². The molecule has 0 fully saturated rings. The molecular formula is C14H21ClFNO. The third kappa shape index (κ3) is 4.83. The van der Waals surface area contributed by atoms with Gasteiger partial charge in [-0.05, 0) is 31.0 Å². The van der Waals surface area contributed by atoms with Gasteiger partial charge in [0.1, 0.15) is 6.10 Å². The van der Waals surface area contributed by atoms with E-state index >= 15 is 0 Å². The van der Waals surface area contributed by atoms with E-state index in [1.54, 1.807) is 12.1 Å². The molecule has 0 saturated heterocycles. The van der Waals surface area contributed by atoms with Crippen LogP contribution in [0.3, 0.4) is 0 Å². The number of ether oxygens (including phenoxy) is 1. The molecule has 1 atom stereocenters. The first-order valence-corrected chi connectivity index (χ1v) is 6.73. The molecule has 2 nitrogen and oxygen atoms in total. The van der Waals surface area contributed by atoms with Crippen LogP contribution >= 0.6 is 11.6 Å². The van der Waals surface area contributed by atoms with Crippen molar-refractivity contribution in [2.75, 3.05) is 13.1 Å². The smallest absolute Gasteiger partial charge is 0.183 e. The van der Waals surface area contributed by atoms with Gasteiger partial charge in [-0.25, -0.2) is 4.39 Å². The van der Waals surface area contributed by atoms with Crippen molar-refractivity contribution in [1.82, 2.24) is 5.32 Å². The Labute approximate surface area is 113 Å². The molecule has 0 aromatic heterocycles. The third-order valence-corrected chi connectivity index (χ3v) is 2.88. The van der Waals surface area contributed by atoms with E-state index in [0.29, 0.717) is 12.5 Å². The van der Waals surface area contributed by atoms with Crippen molar-refractivity contribution >= 4 is 11.6 Å². The Balaban J connectivity index is 2.54. The van der Waals surface area contributed by atoms with Crippen LogP contribution in [0.25, 0.3) is 0 Å². The van der Waals surface area contributed by atoms with Gasteiger partial charge in [0.2, 0.25) is 0 Å². The average Bonchev–Trinajstić information content (AvgIpc) is 2.33. The van der Waals surface area contributed by atoms with Crippen molar-refractivity contribution in [1.29, 1.82) is 0 Å². The molecule has 1 N–H and O–H groups in total. The second-order valence-electron chi connectivity index (χ2n) is 4.75. The molecule has 0 radical (unpaired) electrons. The highest BCUT2D eigenvalue weighted by Crippen LogP contribution is 2.25. The van der Waals surface area contributed by atoms with Gasteiger partial charge in [0, 0.05) is 6.54 Å². The standard InChI is InChI=1S/C14H21ClFNO/c1-4-11(9-17-8-10(2)3)18-13-7-5-6-12(15)14(13)16/h5-7,10-11,17H,4,8-9H2,1-3H3. The van der Waals surface area contributed by atoms with Gasteiger partial charge in [0.05, 0.1) is 5.02 Å². The predicted octanol–water partition coefficient (Wildman–Crippen LogP) is 3.88. The summed E-state index contributed by atoms with van der Waals surface area (Å²) < 4.78 is 19.3. The molecule has 1 unspecified atom stereocenters. The van der Waals surface area contributed by atoms with Crippen molar-refractivity contribution in [2.45, 2.75) is 33.3 Å². The van der Waals surface area contributed by atoms with E-state index in [4.69, 9.17) is 16.3 Å². The lowest BCUT2D eigenvalue weighted by molar-refractivity contribution is 0.184. The zero-order valence-electron chi connectivity index (χ0n) is 11.2. The molecule has 0 bridgehead atoms. The summed E-state index contributed by atoms with van der Waals surface area (Å²) in [7, 11) is 0. The summed E-state index contributed by atoms with van der Waals surface area (Å²) in [5.41, 5.74) is 0. The zero-order chi connectivity index (χ0) is 13.5. The Hall–Kier alpha value is -0.800. The number of benzene rings is 1. The molecule has 1 rings (SSSR count). The molecule has 0 spiro atoms. The first-order valence-electron chi connectivity index (χ1n) is 6.36. The summed E-state index contributed by atoms with van der Waals surface area (Å²) in [6, 6.07) is 4.81. The first kappa shape index (κ1) is 15.3. The fourth-order valence-corrected chi connectivity index (χ4v) is 1.72. The van der Waals surface area contributed by atoms with Crippen LogP contribution in [-0.4, -0.2) is 19.2 Å². The molecule has 0 saturated carbocycles. The molecule has 1 aromatic rings. The lowest BCUT2D eigenvalue weighted by Gasteiger charge is -2.19. The summed E-state index contributed by atoms with van der Waals surface area (Å²) >= 11 is 5.72. The van der Waals surface area contributed by atoms with Crippen LogP contribution in [0.1, 0.15) is 27.2 Å². The van der Waals surface area contributed by atoms with Crippen molar-refractivity contribution in [2.24, 2.45) is 5.92 Å². The Morgan fingerprint density at radius 1 is 1.33 bits per heavy atom. The predicted molar refractivity (Wildman–Crippen MR) is 73.8 cm³/mol. The van der Waals surface area contributed by atoms with Gasteiger partial charge in [-0.15, -0.1) is 0 Å². The molecule has 0 amide bonds. The van der Waals surface area contributed by atoms with Crippen LogP contribution in [0.2, 0.25) is 5.02 Å². The highest BCUT2D eigenvalue weighted by Gasteiger charge is 2.13. The molecule has 18 heavy (non-hydrogen) atoms. The molecule has 0 aliphatic carbocycles. The summed E-state index contributed by atoms with van der Waals surface area (Å²) in [6.45, 7) is 7.94. The Kier molecular flexibility index (Phi) is 6.44. The monoisotopic (exact) mass is 273 g/mol. The highest BCUT2D eigenvalue weighted by atomic mass is 35.5. The maximum absolute atomic E-state index is 13.7. The molecule has 0 aliphatic heterocycles. The summed E-state index contributed by atoms with van der Waals surface area (Å²) in [5.74, 6) is 0.326. The summed E-state index contributed by atoms with van der Waals surface area (Å²) in [4.78, 5) is 0. The van der Waals surface area contributed by atoms with E-state index in [2.05, 4.69) is 19.2 Å². The molecule has 4 heteroatoms. The molecule has 102 valence electrons. The molecular weight excluding hydrogens is 253 g/mol. The van der Waals surface area contributed by atoms with E-state index < -0.39 is 5.82 Å². The van der Waals surface area contributed by atoms with Crippen LogP contribution in [0.15, 0.2) is 18.2 Å². The largest absolute Gasteiger partial charge is 0.486 e. The fourth-order valence-electron chi connectivity index (χ4n) is 1.56. The Bertz CT molecular complexity index is 371. The number of nitrogens with one attached hydrogen (secondary N) is 1. The second-order valence-corrected chi connectivity index (χ2v) is 5.16. The quantitative estimate of drug-likeness (QED) is 0.814. The van der Waals surface area contributed by atoms with E-state index in [1.165, 1.54) is 6.07 Å². The number of rotatable bonds is 7. The van der Waals surface area contributed by atoms with E-state index in [9.17, 15) is 4.39 Å². The van der Waals surface area contributed by atoms with Crippen molar-refractivity contribution in [3.05, 3.63) is 29.0 Å². The number of halogens is 2. The zero-order valence-corrected chi connectivity index (χ0v) is 11.9. The van der Waals surface area contributed by atoms with Gasteiger partial charge >= 0.3 is 0 Å². The minimum Gasteiger partial charge on any atom is -0.486 e. The fraction of sp³-hybridized carbons (Fsp3) is 0.571. The van der Waals surface area contributed by atoms with E-state index in [0.717, 1.165) is 13.0 Å². The van der Waals surface area contributed by atoms with E-state index in [1.807, 2.05) is 6.92 Å². The summed E-state index contributed by atoms with van der Waals surface area (Å²) in [6.07, 6.45) is 0.772. The van der Waals surface area contributed by atoms with Crippen LogP contribution in [0, 0.1) is 11.7 Å². The first-order chi connectivity index (χ1) is 8.54. The van der Waals surface area contributed by atoms with Crippen molar-refractivity contribution in [3.63, 3.8) is 0 Å². The maximum atomic E-state index is 13.7. The Morgan fingerprint density at radius 2 is 2.06 bits per heavy atom. The Morgan fingerprint density at radius 3 is 2.67 bits per heavy atom. The number of hydrogen-bond donors (Lipinski definition) is 1. The highest BCUT2D eigenvalue weighted by molar-refractivity contribution is 6.30. The van der Waals surface area contributed by atoms with Gasteiger partial charge in [-0.3, -0.25) is 0 Å². The van der Waals surface area contributed by atoms with Gasteiger partial charge in [0.15, 0.2) is 11.6 Å². The van der Waals surface area contributed by atoms with Crippen LogP contribution in [0.5, 0.6) is 5.75 Å². The summed E-state index contributed by atoms with van der Waals surface area (Å²) in [5, 5.41) is 3.40.